The third kappa shape index (κ3) is 7.28. The molecule has 270 valence electrons. The van der Waals surface area contributed by atoms with Gasteiger partial charge in [-0.3, -0.25) is 15.8 Å². The minimum absolute atomic E-state index is 0.308. The quantitative estimate of drug-likeness (QED) is 0.115. The van der Waals surface area contributed by atoms with Crippen LogP contribution in [0.15, 0.2) is 224 Å². The van der Waals surface area contributed by atoms with Gasteiger partial charge in [0, 0.05) is 23.5 Å². The highest BCUT2D eigenvalue weighted by Crippen LogP contribution is 2.44. The molecule has 0 aliphatic heterocycles. The molecule has 8 aromatic rings. The van der Waals surface area contributed by atoms with Crippen molar-refractivity contribution in [1.82, 2.24) is 4.98 Å². The SMILES string of the molecule is N=C1C=C(c2c(-c3ccccc3)cccc2-c2ccccc2)C=C(c2c(-c3ccccc3)cccc2-c2ccccc2)/C1=N/Nc1cccc(-c2cccnc2)c1. The van der Waals surface area contributed by atoms with E-state index in [1.165, 1.54) is 0 Å². The van der Waals surface area contributed by atoms with Crippen LogP contribution in [0, 0.1) is 5.41 Å². The molecule has 9 rings (SSSR count). The number of nitrogens with one attached hydrogen (secondary N) is 2. The van der Waals surface area contributed by atoms with Crippen LogP contribution < -0.4 is 5.43 Å². The number of anilines is 1. The van der Waals surface area contributed by atoms with E-state index in [0.29, 0.717) is 11.4 Å². The van der Waals surface area contributed by atoms with Crippen molar-refractivity contribution in [2.75, 3.05) is 5.43 Å². The van der Waals surface area contributed by atoms with Crippen molar-refractivity contribution in [3.05, 3.63) is 230 Å². The van der Waals surface area contributed by atoms with Crippen LogP contribution in [0.1, 0.15) is 11.1 Å². The van der Waals surface area contributed by atoms with Gasteiger partial charge in [-0.1, -0.05) is 176 Å². The molecular weight excluding hydrogens is 693 g/mol. The van der Waals surface area contributed by atoms with Gasteiger partial charge in [0.15, 0.2) is 0 Å². The van der Waals surface area contributed by atoms with Crippen LogP contribution in [-0.2, 0) is 0 Å². The maximum atomic E-state index is 9.85. The molecular formula is C53H38N4. The number of pyridine rings is 1. The van der Waals surface area contributed by atoms with Gasteiger partial charge in [0.2, 0.25) is 0 Å². The van der Waals surface area contributed by atoms with Crippen LogP contribution in [0.3, 0.4) is 0 Å². The van der Waals surface area contributed by atoms with Gasteiger partial charge in [-0.15, -0.1) is 0 Å². The Kier molecular flexibility index (Phi) is 9.81. The number of nitrogens with zero attached hydrogens (tertiary/aromatic N) is 2. The maximum absolute atomic E-state index is 9.85. The lowest BCUT2D eigenvalue weighted by atomic mass is 9.79. The van der Waals surface area contributed by atoms with Crippen molar-refractivity contribution >= 4 is 28.3 Å². The van der Waals surface area contributed by atoms with E-state index < -0.39 is 0 Å². The van der Waals surface area contributed by atoms with Gasteiger partial charge in [0.05, 0.1) is 11.4 Å². The fraction of sp³-hybridized carbons (Fsp3) is 0. The Labute approximate surface area is 333 Å². The van der Waals surface area contributed by atoms with E-state index in [0.717, 1.165) is 83.6 Å². The van der Waals surface area contributed by atoms with Crippen LogP contribution >= 0.6 is 0 Å². The number of hydrogen-bond donors (Lipinski definition) is 2. The zero-order chi connectivity index (χ0) is 38.4. The minimum Gasteiger partial charge on any atom is -0.299 e. The van der Waals surface area contributed by atoms with Gasteiger partial charge in [-0.25, -0.2) is 0 Å². The Morgan fingerprint density at radius 1 is 0.421 bits per heavy atom. The lowest BCUT2D eigenvalue weighted by molar-refractivity contribution is 1.32. The molecule has 0 saturated heterocycles. The van der Waals surface area contributed by atoms with Crippen molar-refractivity contribution in [3.8, 4) is 55.6 Å². The molecule has 0 unspecified atom stereocenters. The van der Waals surface area contributed by atoms with Crippen molar-refractivity contribution in [2.24, 2.45) is 5.10 Å². The van der Waals surface area contributed by atoms with Gasteiger partial charge in [-0.05, 0) is 97.1 Å². The van der Waals surface area contributed by atoms with Crippen LogP contribution in [-0.4, -0.2) is 16.4 Å². The van der Waals surface area contributed by atoms with Crippen molar-refractivity contribution in [1.29, 1.82) is 5.41 Å². The van der Waals surface area contributed by atoms with Crippen molar-refractivity contribution < 1.29 is 0 Å². The van der Waals surface area contributed by atoms with E-state index in [1.807, 2.05) is 60.8 Å². The van der Waals surface area contributed by atoms with Crippen molar-refractivity contribution in [2.45, 2.75) is 0 Å². The monoisotopic (exact) mass is 730 g/mol. The molecule has 0 spiro atoms. The van der Waals surface area contributed by atoms with E-state index in [2.05, 4.69) is 162 Å². The maximum Gasteiger partial charge on any atom is 0.116 e. The van der Waals surface area contributed by atoms with Crippen LogP contribution in [0.25, 0.3) is 66.8 Å². The summed E-state index contributed by atoms with van der Waals surface area (Å²) in [4.78, 5) is 4.32. The summed E-state index contributed by atoms with van der Waals surface area (Å²) in [5, 5.41) is 15.0. The van der Waals surface area contributed by atoms with E-state index in [9.17, 15) is 5.41 Å². The highest BCUT2D eigenvalue weighted by atomic mass is 15.3. The van der Waals surface area contributed by atoms with E-state index in [4.69, 9.17) is 5.10 Å². The second-order valence-electron chi connectivity index (χ2n) is 13.9. The summed E-state index contributed by atoms with van der Waals surface area (Å²) < 4.78 is 0. The third-order valence-electron chi connectivity index (χ3n) is 10.3. The number of allylic oxidation sites excluding steroid dienone is 4. The van der Waals surface area contributed by atoms with Crippen LogP contribution in [0.5, 0.6) is 0 Å². The standard InChI is InChI=1S/C53H38N4/c54-50-35-43(51-45(37-17-5-1-6-18-37)28-14-29-46(51)38-19-7-2-8-20-38)34-49(53(50)57-56-44-27-13-25-41(33-44)42-26-16-32-55-36-42)52-47(39-21-9-3-10-22-39)30-15-31-48(52)40-23-11-4-12-24-40/h1-36,54,56H/b54-50?,57-53-. The number of hydrogen-bond acceptors (Lipinski definition) is 4. The predicted molar refractivity (Wildman–Crippen MR) is 239 cm³/mol. The van der Waals surface area contributed by atoms with Gasteiger partial charge in [0.25, 0.3) is 0 Å². The molecule has 1 heterocycles. The summed E-state index contributed by atoms with van der Waals surface area (Å²) >= 11 is 0. The average molecular weight is 731 g/mol. The average Bonchev–Trinajstić information content (AvgIpc) is 3.29. The first-order valence-corrected chi connectivity index (χ1v) is 19.1. The molecule has 2 N–H and O–H groups in total. The highest BCUT2D eigenvalue weighted by molar-refractivity contribution is 6.63. The van der Waals surface area contributed by atoms with Gasteiger partial charge < -0.3 is 0 Å². The molecule has 0 saturated carbocycles. The summed E-state index contributed by atoms with van der Waals surface area (Å²) in [6.07, 6.45) is 7.85. The van der Waals surface area contributed by atoms with Crippen molar-refractivity contribution in [3.63, 3.8) is 0 Å². The molecule has 4 nitrogen and oxygen atoms in total. The fourth-order valence-corrected chi connectivity index (χ4v) is 7.65. The first kappa shape index (κ1) is 35.0. The molecule has 1 aliphatic carbocycles. The molecule has 0 fully saturated rings. The second kappa shape index (κ2) is 16.0. The Morgan fingerprint density at radius 2 is 0.877 bits per heavy atom. The van der Waals surface area contributed by atoms with E-state index >= 15 is 0 Å². The molecule has 1 aliphatic rings. The number of hydrazone groups is 1. The first-order chi connectivity index (χ1) is 28.2. The molecule has 4 heteroatoms. The molecule has 0 amide bonds. The zero-order valence-corrected chi connectivity index (χ0v) is 31.2. The highest BCUT2D eigenvalue weighted by Gasteiger charge is 2.27. The zero-order valence-electron chi connectivity index (χ0n) is 31.2. The molecule has 0 atom stereocenters. The normalized spacial score (nSPS) is 13.2. The molecule has 0 radical (unpaired) electrons. The lowest BCUT2D eigenvalue weighted by Gasteiger charge is -2.25. The Balaban J connectivity index is 1.29. The number of rotatable bonds is 9. The lowest BCUT2D eigenvalue weighted by Crippen LogP contribution is -2.20. The largest absolute Gasteiger partial charge is 0.299 e. The molecule has 1 aromatic heterocycles. The summed E-state index contributed by atoms with van der Waals surface area (Å²) in [5.41, 5.74) is 19.6. The Morgan fingerprint density at radius 3 is 1.37 bits per heavy atom. The third-order valence-corrected chi connectivity index (χ3v) is 10.3. The summed E-state index contributed by atoms with van der Waals surface area (Å²) in [7, 11) is 0. The fourth-order valence-electron chi connectivity index (χ4n) is 7.65. The van der Waals surface area contributed by atoms with Gasteiger partial charge in [0.1, 0.15) is 5.71 Å². The number of benzene rings is 7. The summed E-state index contributed by atoms with van der Waals surface area (Å²) in [5.74, 6) is 0. The topological polar surface area (TPSA) is 61.1 Å². The smallest absolute Gasteiger partial charge is 0.116 e. The van der Waals surface area contributed by atoms with E-state index in [1.54, 1.807) is 6.20 Å². The van der Waals surface area contributed by atoms with E-state index in [-0.39, 0.29) is 0 Å². The number of aromatic nitrogens is 1. The predicted octanol–water partition coefficient (Wildman–Crippen LogP) is 13.4. The van der Waals surface area contributed by atoms with Gasteiger partial charge in [-0.2, -0.15) is 5.10 Å². The van der Waals surface area contributed by atoms with Crippen LogP contribution in [0.4, 0.5) is 5.69 Å². The minimum atomic E-state index is 0.308. The summed E-state index contributed by atoms with van der Waals surface area (Å²) in [6, 6.07) is 67.1. The molecule has 0 bridgehead atoms. The van der Waals surface area contributed by atoms with Gasteiger partial charge >= 0.3 is 0 Å². The Bertz CT molecular complexity index is 2670. The Hall–Kier alpha value is -7.69. The second-order valence-corrected chi connectivity index (χ2v) is 13.9. The summed E-state index contributed by atoms with van der Waals surface area (Å²) in [6.45, 7) is 0. The van der Waals surface area contributed by atoms with Crippen LogP contribution in [0.2, 0.25) is 0 Å². The first-order valence-electron chi connectivity index (χ1n) is 19.1. The molecule has 57 heavy (non-hydrogen) atoms. The molecule has 7 aromatic carbocycles.